The SMILES string of the molecule is CCN(C(=O)c1cc2cnn(C(C)C)c2nc1C)c1ccc(F)cc1. The van der Waals surface area contributed by atoms with Crippen molar-refractivity contribution in [3.63, 3.8) is 0 Å². The van der Waals surface area contributed by atoms with Gasteiger partial charge in [0.2, 0.25) is 0 Å². The smallest absolute Gasteiger partial charge is 0.260 e. The van der Waals surface area contributed by atoms with Crippen molar-refractivity contribution in [3.8, 4) is 0 Å². The fraction of sp³-hybridized carbons (Fsp3) is 0.316. The number of nitrogens with zero attached hydrogens (tertiary/aromatic N) is 4. The Morgan fingerprint density at radius 1 is 1.28 bits per heavy atom. The quantitative estimate of drug-likeness (QED) is 0.718. The van der Waals surface area contributed by atoms with Crippen LogP contribution in [0.2, 0.25) is 0 Å². The third-order valence-electron chi connectivity index (χ3n) is 4.18. The van der Waals surface area contributed by atoms with Crippen LogP contribution in [0, 0.1) is 12.7 Å². The van der Waals surface area contributed by atoms with Crippen LogP contribution in [-0.4, -0.2) is 27.2 Å². The third kappa shape index (κ3) is 3.12. The van der Waals surface area contributed by atoms with Gasteiger partial charge in [0.05, 0.1) is 17.5 Å². The van der Waals surface area contributed by atoms with Crippen LogP contribution in [0.25, 0.3) is 11.0 Å². The zero-order valence-electron chi connectivity index (χ0n) is 14.8. The van der Waals surface area contributed by atoms with Gasteiger partial charge >= 0.3 is 0 Å². The van der Waals surface area contributed by atoms with Crippen molar-refractivity contribution in [1.29, 1.82) is 0 Å². The van der Waals surface area contributed by atoms with Crippen molar-refractivity contribution in [2.24, 2.45) is 0 Å². The number of fused-ring (bicyclic) bond motifs is 1. The largest absolute Gasteiger partial charge is 0.309 e. The summed E-state index contributed by atoms with van der Waals surface area (Å²) < 4.78 is 15.0. The maximum Gasteiger partial charge on any atom is 0.260 e. The number of pyridine rings is 1. The van der Waals surface area contributed by atoms with E-state index in [1.54, 1.807) is 23.2 Å². The monoisotopic (exact) mass is 340 g/mol. The van der Waals surface area contributed by atoms with E-state index in [-0.39, 0.29) is 17.8 Å². The summed E-state index contributed by atoms with van der Waals surface area (Å²) in [6, 6.07) is 7.94. The molecule has 0 saturated heterocycles. The maximum atomic E-state index is 13.2. The standard InChI is InChI=1S/C19H21FN4O/c1-5-23(16-8-6-15(20)7-9-16)19(25)17-10-14-11-21-24(12(2)3)18(14)22-13(17)4/h6-12H,5H2,1-4H3. The zero-order chi connectivity index (χ0) is 18.1. The highest BCUT2D eigenvalue weighted by Gasteiger charge is 2.21. The van der Waals surface area contributed by atoms with Crippen LogP contribution in [0.5, 0.6) is 0 Å². The van der Waals surface area contributed by atoms with Crippen LogP contribution >= 0.6 is 0 Å². The van der Waals surface area contributed by atoms with Gasteiger partial charge in [-0.2, -0.15) is 5.10 Å². The van der Waals surface area contributed by atoms with Crippen molar-refractivity contribution in [1.82, 2.24) is 14.8 Å². The molecule has 0 aliphatic rings. The van der Waals surface area contributed by atoms with Crippen LogP contribution in [0.3, 0.4) is 0 Å². The molecule has 130 valence electrons. The Kier molecular flexibility index (Phi) is 4.53. The third-order valence-corrected chi connectivity index (χ3v) is 4.18. The molecule has 25 heavy (non-hydrogen) atoms. The Labute approximate surface area is 146 Å². The van der Waals surface area contributed by atoms with Gasteiger partial charge in [-0.25, -0.2) is 14.1 Å². The van der Waals surface area contributed by atoms with Crippen molar-refractivity contribution in [2.45, 2.75) is 33.7 Å². The van der Waals surface area contributed by atoms with E-state index in [2.05, 4.69) is 10.1 Å². The Hall–Kier alpha value is -2.76. The van der Waals surface area contributed by atoms with E-state index < -0.39 is 0 Å². The molecule has 0 radical (unpaired) electrons. The molecule has 3 rings (SSSR count). The van der Waals surface area contributed by atoms with Gasteiger partial charge in [0.25, 0.3) is 5.91 Å². The summed E-state index contributed by atoms with van der Waals surface area (Å²) in [7, 11) is 0. The highest BCUT2D eigenvalue weighted by atomic mass is 19.1. The first-order chi connectivity index (χ1) is 11.9. The summed E-state index contributed by atoms with van der Waals surface area (Å²) in [5.74, 6) is -0.481. The molecule has 0 atom stereocenters. The summed E-state index contributed by atoms with van der Waals surface area (Å²) in [5.41, 5.74) is 2.61. The van der Waals surface area contributed by atoms with Gasteiger partial charge in [-0.15, -0.1) is 0 Å². The Balaban J connectivity index is 2.03. The van der Waals surface area contributed by atoms with Gasteiger partial charge in [0.1, 0.15) is 5.82 Å². The number of hydrogen-bond acceptors (Lipinski definition) is 3. The van der Waals surface area contributed by atoms with Crippen LogP contribution in [0.4, 0.5) is 10.1 Å². The number of carbonyl (C=O) groups is 1. The molecule has 0 saturated carbocycles. The number of anilines is 1. The number of amides is 1. The fourth-order valence-corrected chi connectivity index (χ4v) is 2.87. The normalized spacial score (nSPS) is 11.3. The summed E-state index contributed by atoms with van der Waals surface area (Å²) in [6.45, 7) is 8.27. The summed E-state index contributed by atoms with van der Waals surface area (Å²) in [4.78, 5) is 19.2. The van der Waals surface area contributed by atoms with Gasteiger partial charge in [-0.1, -0.05) is 0 Å². The molecule has 0 bridgehead atoms. The topological polar surface area (TPSA) is 51.0 Å². The van der Waals surface area contributed by atoms with E-state index >= 15 is 0 Å². The van der Waals surface area contributed by atoms with E-state index in [9.17, 15) is 9.18 Å². The molecule has 0 fully saturated rings. The first-order valence-electron chi connectivity index (χ1n) is 8.34. The number of aromatic nitrogens is 3. The van der Waals surface area contributed by atoms with Crippen LogP contribution in [-0.2, 0) is 0 Å². The van der Waals surface area contributed by atoms with E-state index in [1.165, 1.54) is 12.1 Å². The second-order valence-electron chi connectivity index (χ2n) is 6.24. The molecule has 5 nitrogen and oxygen atoms in total. The molecule has 0 unspecified atom stereocenters. The second-order valence-corrected chi connectivity index (χ2v) is 6.24. The molecular weight excluding hydrogens is 319 g/mol. The zero-order valence-corrected chi connectivity index (χ0v) is 14.8. The minimum atomic E-state index is -0.326. The Bertz CT molecular complexity index is 915. The van der Waals surface area contributed by atoms with Gasteiger partial charge in [0, 0.05) is 23.7 Å². The lowest BCUT2D eigenvalue weighted by Gasteiger charge is -2.22. The molecule has 2 aromatic heterocycles. The Morgan fingerprint density at radius 2 is 1.96 bits per heavy atom. The number of rotatable bonds is 4. The molecule has 0 aliphatic carbocycles. The molecule has 0 aliphatic heterocycles. The molecule has 0 N–H and O–H groups in total. The fourth-order valence-electron chi connectivity index (χ4n) is 2.87. The second kappa shape index (κ2) is 6.63. The molecule has 0 spiro atoms. The number of halogens is 1. The van der Waals surface area contributed by atoms with Gasteiger partial charge in [-0.3, -0.25) is 4.79 Å². The minimum absolute atomic E-state index is 0.154. The van der Waals surface area contributed by atoms with Gasteiger partial charge < -0.3 is 4.90 Å². The van der Waals surface area contributed by atoms with E-state index in [4.69, 9.17) is 0 Å². The molecule has 1 amide bonds. The van der Waals surface area contributed by atoms with Gasteiger partial charge in [0.15, 0.2) is 5.65 Å². The predicted octanol–water partition coefficient (Wildman–Crippen LogP) is 4.13. The number of aryl methyl sites for hydroxylation is 1. The first-order valence-corrected chi connectivity index (χ1v) is 8.34. The number of hydrogen-bond donors (Lipinski definition) is 0. The summed E-state index contributed by atoms with van der Waals surface area (Å²) >= 11 is 0. The lowest BCUT2D eigenvalue weighted by molar-refractivity contribution is 0.0987. The lowest BCUT2D eigenvalue weighted by Crippen LogP contribution is -2.31. The van der Waals surface area contributed by atoms with Crippen LogP contribution in [0.15, 0.2) is 36.5 Å². The number of carbonyl (C=O) groups excluding carboxylic acids is 1. The van der Waals surface area contributed by atoms with Crippen molar-refractivity contribution >= 4 is 22.6 Å². The van der Waals surface area contributed by atoms with E-state index in [1.807, 2.05) is 38.4 Å². The van der Waals surface area contributed by atoms with Crippen molar-refractivity contribution in [3.05, 3.63) is 53.6 Å². The van der Waals surface area contributed by atoms with Gasteiger partial charge in [-0.05, 0) is 58.0 Å². The lowest BCUT2D eigenvalue weighted by atomic mass is 10.1. The molecule has 1 aromatic carbocycles. The summed E-state index contributed by atoms with van der Waals surface area (Å²) in [5, 5.41) is 5.19. The van der Waals surface area contributed by atoms with Crippen molar-refractivity contribution in [2.75, 3.05) is 11.4 Å². The minimum Gasteiger partial charge on any atom is -0.309 e. The van der Waals surface area contributed by atoms with Crippen LogP contribution in [0.1, 0.15) is 42.9 Å². The Morgan fingerprint density at radius 3 is 2.56 bits per heavy atom. The average Bonchev–Trinajstić information content (AvgIpc) is 2.99. The number of benzene rings is 1. The highest BCUT2D eigenvalue weighted by Crippen LogP contribution is 2.23. The highest BCUT2D eigenvalue weighted by molar-refractivity contribution is 6.08. The first kappa shape index (κ1) is 17.1. The summed E-state index contributed by atoms with van der Waals surface area (Å²) in [6.07, 6.45) is 1.73. The average molecular weight is 340 g/mol. The van der Waals surface area contributed by atoms with E-state index in [0.717, 1.165) is 11.0 Å². The van der Waals surface area contributed by atoms with Crippen LogP contribution < -0.4 is 4.90 Å². The molecule has 6 heteroatoms. The molecule has 3 aromatic rings. The van der Waals surface area contributed by atoms with E-state index in [0.29, 0.717) is 23.5 Å². The molecular formula is C19H21FN4O. The van der Waals surface area contributed by atoms with Crippen molar-refractivity contribution < 1.29 is 9.18 Å². The molecule has 2 heterocycles. The maximum absolute atomic E-state index is 13.2. The predicted molar refractivity (Wildman–Crippen MR) is 96.4 cm³/mol.